The number of phenols is 2. The topological polar surface area (TPSA) is 286 Å². The number of hydrazine groups is 1. The standard InChI is InChI=1S/C33H41N5O12/c1-14-28(42)17(34)10-23(49-14)50-19-12-33(47,20(13-39)37-38-22(41)9-4-3-8-21(40)36-35)11-16-25(19)32(46)27-26(30(16)44)29(43)15-6-5-7-18(48-2)24(15)31(27)45/h5-7,14,17,19,23,28,39,42,44,46-47H,3-4,8-13,34-35H2,1-2H3,(H,36,40)(H,38,41)/b37-20+/t14?,17?,19-,23?,28?,33-/m0/s1. The number of nitrogens with zero attached hydrogens (tertiary/aromatic N) is 1. The van der Waals surface area contributed by atoms with Crippen molar-refractivity contribution in [3.8, 4) is 17.2 Å². The summed E-state index contributed by atoms with van der Waals surface area (Å²) in [6.45, 7) is 0.706. The Morgan fingerprint density at radius 2 is 1.76 bits per heavy atom. The molecule has 2 aromatic rings. The predicted octanol–water partition coefficient (Wildman–Crippen LogP) is -0.545. The van der Waals surface area contributed by atoms with Crippen LogP contribution in [0.25, 0.3) is 0 Å². The van der Waals surface area contributed by atoms with Crippen LogP contribution < -0.4 is 27.2 Å². The number of methoxy groups -OCH3 is 1. The molecule has 2 amide bonds. The maximum atomic E-state index is 13.9. The molecule has 1 saturated heterocycles. The summed E-state index contributed by atoms with van der Waals surface area (Å²) in [5, 5.41) is 60.1. The number of aliphatic hydroxyl groups is 3. The fourth-order valence-corrected chi connectivity index (χ4v) is 6.73. The van der Waals surface area contributed by atoms with E-state index in [0.29, 0.717) is 12.8 Å². The lowest BCUT2D eigenvalue weighted by Gasteiger charge is -2.43. The number of ether oxygens (including phenoxy) is 3. The van der Waals surface area contributed by atoms with Crippen LogP contribution in [0.2, 0.25) is 0 Å². The molecular formula is C33H41N5O12. The number of benzene rings is 2. The van der Waals surface area contributed by atoms with Gasteiger partial charge in [-0.2, -0.15) is 5.10 Å². The molecule has 11 N–H and O–H groups in total. The summed E-state index contributed by atoms with van der Waals surface area (Å²) in [4.78, 5) is 51.6. The second kappa shape index (κ2) is 14.8. The zero-order valence-electron chi connectivity index (χ0n) is 27.5. The van der Waals surface area contributed by atoms with Crippen LogP contribution in [0.4, 0.5) is 0 Å². The summed E-state index contributed by atoms with van der Waals surface area (Å²) in [5.41, 5.74) is 6.43. The zero-order valence-corrected chi connectivity index (χ0v) is 27.5. The van der Waals surface area contributed by atoms with Gasteiger partial charge in [0.15, 0.2) is 12.1 Å². The Hall–Kier alpha value is -4.49. The number of hydrazone groups is 1. The second-order valence-corrected chi connectivity index (χ2v) is 12.6. The molecule has 17 nitrogen and oxygen atoms in total. The van der Waals surface area contributed by atoms with Crippen molar-refractivity contribution >= 4 is 29.1 Å². The number of ketones is 2. The molecule has 6 atom stereocenters. The number of hydrogen-bond donors (Lipinski definition) is 9. The van der Waals surface area contributed by atoms with Gasteiger partial charge in [-0.3, -0.25) is 24.6 Å². The van der Waals surface area contributed by atoms with Crippen LogP contribution in [0, 0.1) is 0 Å². The summed E-state index contributed by atoms with van der Waals surface area (Å²) < 4.78 is 17.3. The summed E-state index contributed by atoms with van der Waals surface area (Å²) >= 11 is 0. The lowest BCUT2D eigenvalue weighted by Crippen LogP contribution is -2.53. The summed E-state index contributed by atoms with van der Waals surface area (Å²) in [7, 11) is 1.32. The quantitative estimate of drug-likeness (QED) is 0.0303. The molecule has 4 unspecified atom stereocenters. The molecule has 270 valence electrons. The van der Waals surface area contributed by atoms with Crippen LogP contribution in [0.5, 0.6) is 17.2 Å². The van der Waals surface area contributed by atoms with Crippen LogP contribution in [-0.2, 0) is 25.5 Å². The molecule has 2 aliphatic carbocycles. The van der Waals surface area contributed by atoms with Gasteiger partial charge in [0.05, 0.1) is 54.4 Å². The molecule has 0 saturated carbocycles. The van der Waals surface area contributed by atoms with E-state index in [0.717, 1.165) is 0 Å². The Morgan fingerprint density at radius 1 is 1.08 bits per heavy atom. The first-order valence-electron chi connectivity index (χ1n) is 16.1. The second-order valence-electron chi connectivity index (χ2n) is 12.6. The molecule has 1 aliphatic heterocycles. The van der Waals surface area contributed by atoms with Crippen LogP contribution >= 0.6 is 0 Å². The molecule has 0 radical (unpaired) electrons. The van der Waals surface area contributed by atoms with Gasteiger partial charge < -0.3 is 45.5 Å². The maximum absolute atomic E-state index is 13.9. The number of nitrogens with one attached hydrogen (secondary N) is 2. The van der Waals surface area contributed by atoms with Gasteiger partial charge in [-0.05, 0) is 25.8 Å². The van der Waals surface area contributed by atoms with Gasteiger partial charge >= 0.3 is 0 Å². The molecular weight excluding hydrogens is 658 g/mol. The van der Waals surface area contributed by atoms with Crippen molar-refractivity contribution in [2.75, 3.05) is 13.7 Å². The SMILES string of the molecule is COc1cccc2c1C(=O)c1c(O)c3c(c(O)c1C2=O)C[C@@](O)(/C(CO)=N/NC(=O)CCCCC(=O)NN)C[C@@H]3OC1CC(N)C(O)C(C)O1. The fourth-order valence-electron chi connectivity index (χ4n) is 6.73. The van der Waals surface area contributed by atoms with Crippen LogP contribution in [-0.4, -0.2) is 98.5 Å². The highest BCUT2D eigenvalue weighted by Crippen LogP contribution is 2.52. The minimum Gasteiger partial charge on any atom is -0.507 e. The van der Waals surface area contributed by atoms with Crippen molar-refractivity contribution in [1.29, 1.82) is 0 Å². The van der Waals surface area contributed by atoms with Gasteiger partial charge in [-0.1, -0.05) is 12.1 Å². The Labute approximate surface area is 286 Å². The van der Waals surface area contributed by atoms with E-state index in [1.54, 1.807) is 6.92 Å². The minimum absolute atomic E-state index is 0.0145. The first kappa shape index (κ1) is 36.8. The summed E-state index contributed by atoms with van der Waals surface area (Å²) in [6, 6.07) is 3.58. The average molecular weight is 700 g/mol. The highest BCUT2D eigenvalue weighted by Gasteiger charge is 2.49. The lowest BCUT2D eigenvalue weighted by atomic mass is 9.71. The number of nitrogens with two attached hydrogens (primary N) is 2. The van der Waals surface area contributed by atoms with Gasteiger partial charge in [0.25, 0.3) is 0 Å². The number of aromatic hydroxyl groups is 2. The minimum atomic E-state index is -2.15. The van der Waals surface area contributed by atoms with Gasteiger partial charge in [-0.15, -0.1) is 0 Å². The number of unbranched alkanes of at least 4 members (excludes halogenated alkanes) is 1. The Balaban J connectivity index is 1.55. The van der Waals surface area contributed by atoms with E-state index >= 15 is 0 Å². The van der Waals surface area contributed by atoms with Gasteiger partial charge in [-0.25, -0.2) is 11.3 Å². The highest BCUT2D eigenvalue weighted by molar-refractivity contribution is 6.31. The number of hydrogen-bond acceptors (Lipinski definition) is 15. The largest absolute Gasteiger partial charge is 0.507 e. The number of phenolic OH excluding ortho intramolecular Hbond substituents is 2. The first-order valence-corrected chi connectivity index (χ1v) is 16.1. The van der Waals surface area contributed by atoms with E-state index in [-0.39, 0.29) is 58.9 Å². The van der Waals surface area contributed by atoms with Crippen molar-refractivity contribution in [1.82, 2.24) is 10.9 Å². The van der Waals surface area contributed by atoms with E-state index in [1.165, 1.54) is 25.3 Å². The van der Waals surface area contributed by atoms with Crippen LogP contribution in [0.15, 0.2) is 23.3 Å². The molecule has 17 heteroatoms. The molecule has 0 aromatic heterocycles. The number of rotatable bonds is 11. The van der Waals surface area contributed by atoms with Gasteiger partial charge in [0.2, 0.25) is 17.6 Å². The normalized spacial score (nSPS) is 26.1. The number of amides is 2. The third kappa shape index (κ3) is 6.80. The Kier molecular flexibility index (Phi) is 10.9. The molecule has 0 bridgehead atoms. The van der Waals surface area contributed by atoms with Crippen molar-refractivity contribution < 1.29 is 58.9 Å². The molecule has 50 heavy (non-hydrogen) atoms. The average Bonchev–Trinajstić information content (AvgIpc) is 3.08. The van der Waals surface area contributed by atoms with Crippen molar-refractivity contribution in [3.05, 3.63) is 51.6 Å². The third-order valence-electron chi connectivity index (χ3n) is 9.36. The van der Waals surface area contributed by atoms with Crippen molar-refractivity contribution in [2.45, 2.75) is 88.1 Å². The first-order chi connectivity index (χ1) is 23.8. The van der Waals surface area contributed by atoms with Gasteiger partial charge in [0.1, 0.15) is 22.8 Å². The predicted molar refractivity (Wildman–Crippen MR) is 173 cm³/mol. The lowest BCUT2D eigenvalue weighted by molar-refractivity contribution is -0.245. The highest BCUT2D eigenvalue weighted by atomic mass is 16.7. The molecule has 1 fully saturated rings. The Morgan fingerprint density at radius 3 is 2.40 bits per heavy atom. The van der Waals surface area contributed by atoms with Crippen LogP contribution in [0.3, 0.4) is 0 Å². The zero-order chi connectivity index (χ0) is 36.5. The maximum Gasteiger partial charge on any atom is 0.240 e. The molecule has 2 aromatic carbocycles. The smallest absolute Gasteiger partial charge is 0.240 e. The number of aliphatic hydroxyl groups excluding tert-OH is 2. The van der Waals surface area contributed by atoms with E-state index in [4.69, 9.17) is 25.8 Å². The summed E-state index contributed by atoms with van der Waals surface area (Å²) in [6.07, 6.45) is -4.51. The molecule has 1 heterocycles. The molecule has 3 aliphatic rings. The number of carbonyl (C=O) groups excluding carboxylic acids is 4. The molecule has 0 spiro atoms. The Bertz CT molecular complexity index is 1720. The van der Waals surface area contributed by atoms with Crippen molar-refractivity contribution in [3.63, 3.8) is 0 Å². The summed E-state index contributed by atoms with van der Waals surface area (Å²) in [5.74, 6) is 1.20. The third-order valence-corrected chi connectivity index (χ3v) is 9.36. The number of fused-ring (bicyclic) bond motifs is 3. The van der Waals surface area contributed by atoms with Crippen molar-refractivity contribution in [2.24, 2.45) is 16.7 Å². The van der Waals surface area contributed by atoms with E-state index < -0.39 is 95.8 Å². The number of carbonyl (C=O) groups is 4. The van der Waals surface area contributed by atoms with E-state index in [2.05, 4.69) is 10.5 Å². The molecule has 5 rings (SSSR count). The van der Waals surface area contributed by atoms with E-state index in [9.17, 15) is 44.7 Å². The fraction of sp³-hybridized carbons (Fsp3) is 0.485. The van der Waals surface area contributed by atoms with Crippen LogP contribution in [0.1, 0.15) is 94.5 Å². The van der Waals surface area contributed by atoms with Gasteiger partial charge in [0, 0.05) is 54.8 Å². The van der Waals surface area contributed by atoms with E-state index in [1.807, 2.05) is 5.43 Å². The monoisotopic (exact) mass is 699 g/mol.